The molecule has 0 spiro atoms. The van der Waals surface area contributed by atoms with Gasteiger partial charge in [-0.3, -0.25) is 0 Å². The van der Waals surface area contributed by atoms with Crippen LogP contribution in [0.1, 0.15) is 28.3 Å². The Bertz CT molecular complexity index is 855. The maximum atomic E-state index is 13.5. The van der Waals surface area contributed by atoms with E-state index in [1.54, 1.807) is 37.6 Å². The highest BCUT2D eigenvalue weighted by molar-refractivity contribution is 7.89. The van der Waals surface area contributed by atoms with E-state index >= 15 is 0 Å². The smallest absolute Gasteiger partial charge is 0.207 e. The van der Waals surface area contributed by atoms with Crippen molar-refractivity contribution in [3.05, 3.63) is 63.7 Å². The first-order valence-electron chi connectivity index (χ1n) is 7.34. The second-order valence-corrected chi connectivity index (χ2v) is 7.96. The lowest BCUT2D eigenvalue weighted by atomic mass is 10.1. The Kier molecular flexibility index (Phi) is 5.51. The van der Waals surface area contributed by atoms with E-state index in [0.29, 0.717) is 11.1 Å². The Morgan fingerprint density at radius 2 is 1.48 bits per heavy atom. The van der Waals surface area contributed by atoms with Gasteiger partial charge in [-0.25, -0.2) is 8.42 Å². The van der Waals surface area contributed by atoms with Crippen LogP contribution in [0.15, 0.2) is 41.3 Å². The van der Waals surface area contributed by atoms with Crippen LogP contribution >= 0.6 is 11.6 Å². The Hall–Kier alpha value is -1.57. The van der Waals surface area contributed by atoms with Crippen molar-refractivity contribution in [3.8, 4) is 0 Å². The Labute approximate surface area is 149 Å². The third-order valence-corrected chi connectivity index (χ3v) is 5.66. The molecule has 2 aromatic rings. The maximum Gasteiger partial charge on any atom is 0.408 e. The number of rotatable bonds is 4. The highest BCUT2D eigenvalue weighted by Gasteiger charge is 2.43. The van der Waals surface area contributed by atoms with Gasteiger partial charge >= 0.3 is 6.18 Å². The van der Waals surface area contributed by atoms with E-state index in [4.69, 9.17) is 11.6 Å². The summed E-state index contributed by atoms with van der Waals surface area (Å²) in [7, 11) is -4.38. The van der Waals surface area contributed by atoms with Crippen molar-refractivity contribution in [2.24, 2.45) is 0 Å². The molecule has 0 aromatic heterocycles. The van der Waals surface area contributed by atoms with Crippen molar-refractivity contribution in [1.82, 2.24) is 4.72 Å². The van der Waals surface area contributed by atoms with Gasteiger partial charge in [0, 0.05) is 5.02 Å². The molecular weight excluding hydrogens is 375 g/mol. The fourth-order valence-corrected chi connectivity index (χ4v) is 4.57. The highest BCUT2D eigenvalue weighted by atomic mass is 35.5. The number of hydrogen-bond donors (Lipinski definition) is 1. The summed E-state index contributed by atoms with van der Waals surface area (Å²) in [5.41, 5.74) is 1.38. The van der Waals surface area contributed by atoms with Crippen LogP contribution in [0.25, 0.3) is 0 Å². The van der Waals surface area contributed by atoms with Gasteiger partial charge in [0.1, 0.15) is 6.04 Å². The molecule has 1 atom stereocenters. The lowest BCUT2D eigenvalue weighted by Crippen LogP contribution is -2.38. The summed E-state index contributed by atoms with van der Waals surface area (Å²) in [5.74, 6) is 0. The minimum absolute atomic E-state index is 0.138. The molecule has 1 unspecified atom stereocenters. The van der Waals surface area contributed by atoms with Crippen LogP contribution < -0.4 is 4.72 Å². The summed E-state index contributed by atoms with van der Waals surface area (Å²) in [6.07, 6.45) is -4.80. The molecule has 0 aliphatic rings. The van der Waals surface area contributed by atoms with Crippen LogP contribution in [0.5, 0.6) is 0 Å². The predicted molar refractivity (Wildman–Crippen MR) is 91.2 cm³/mol. The quantitative estimate of drug-likeness (QED) is 0.810. The van der Waals surface area contributed by atoms with Crippen molar-refractivity contribution in [1.29, 1.82) is 0 Å². The predicted octanol–water partition coefficient (Wildman–Crippen LogP) is 4.85. The average molecular weight is 392 g/mol. The van der Waals surface area contributed by atoms with Crippen molar-refractivity contribution < 1.29 is 21.6 Å². The molecular formula is C17H17ClF3NO2S. The van der Waals surface area contributed by atoms with E-state index in [0.717, 1.165) is 17.7 Å². The van der Waals surface area contributed by atoms with Gasteiger partial charge < -0.3 is 0 Å². The molecule has 0 saturated heterocycles. The number of aryl methyl sites for hydroxylation is 3. The van der Waals surface area contributed by atoms with E-state index in [-0.39, 0.29) is 15.5 Å². The fourth-order valence-electron chi connectivity index (χ4n) is 2.78. The lowest BCUT2D eigenvalue weighted by Gasteiger charge is -2.23. The standard InChI is InChI=1S/C17H17ClF3NO2S/c1-10-8-11(2)15(12(3)9-10)25(23,24)22-16(17(19,20)21)13-4-6-14(18)7-5-13/h4-9,16,22H,1-3H3. The van der Waals surface area contributed by atoms with Gasteiger partial charge in [-0.2, -0.15) is 17.9 Å². The minimum Gasteiger partial charge on any atom is -0.207 e. The molecule has 0 aliphatic carbocycles. The number of alkyl halides is 3. The summed E-state index contributed by atoms with van der Waals surface area (Å²) >= 11 is 5.70. The topological polar surface area (TPSA) is 46.2 Å². The SMILES string of the molecule is Cc1cc(C)c(S(=O)(=O)NC(c2ccc(Cl)cc2)C(F)(F)F)c(C)c1. The van der Waals surface area contributed by atoms with Crippen LogP contribution in [0.2, 0.25) is 5.02 Å². The average Bonchev–Trinajstić information content (AvgIpc) is 2.43. The van der Waals surface area contributed by atoms with Crippen molar-refractivity contribution >= 4 is 21.6 Å². The molecule has 3 nitrogen and oxygen atoms in total. The molecule has 0 heterocycles. The molecule has 2 rings (SSSR count). The van der Waals surface area contributed by atoms with E-state index in [1.807, 2.05) is 0 Å². The molecule has 0 aliphatic heterocycles. The molecule has 0 amide bonds. The summed E-state index contributed by atoms with van der Waals surface area (Å²) in [5, 5.41) is 0.262. The first-order chi connectivity index (χ1) is 11.4. The first-order valence-corrected chi connectivity index (χ1v) is 9.20. The van der Waals surface area contributed by atoms with Gasteiger partial charge in [-0.05, 0) is 49.6 Å². The van der Waals surface area contributed by atoms with Gasteiger partial charge in [0.2, 0.25) is 10.0 Å². The Morgan fingerprint density at radius 3 is 1.92 bits per heavy atom. The number of benzene rings is 2. The molecule has 136 valence electrons. The second-order valence-electron chi connectivity index (χ2n) is 5.88. The number of halogens is 4. The zero-order chi connectivity index (χ0) is 19.0. The van der Waals surface area contributed by atoms with E-state index in [9.17, 15) is 21.6 Å². The largest absolute Gasteiger partial charge is 0.408 e. The van der Waals surface area contributed by atoms with E-state index in [2.05, 4.69) is 0 Å². The van der Waals surface area contributed by atoms with Gasteiger partial charge in [-0.15, -0.1) is 0 Å². The number of hydrogen-bond acceptors (Lipinski definition) is 2. The summed E-state index contributed by atoms with van der Waals surface area (Å²) in [6.45, 7) is 4.90. The number of nitrogens with one attached hydrogen (secondary N) is 1. The van der Waals surface area contributed by atoms with Crippen molar-refractivity contribution in [3.63, 3.8) is 0 Å². The third kappa shape index (κ3) is 4.54. The molecule has 0 saturated carbocycles. The molecule has 25 heavy (non-hydrogen) atoms. The monoisotopic (exact) mass is 391 g/mol. The lowest BCUT2D eigenvalue weighted by molar-refractivity contribution is -0.153. The van der Waals surface area contributed by atoms with Crippen molar-refractivity contribution in [2.75, 3.05) is 0 Å². The van der Waals surface area contributed by atoms with Crippen LogP contribution in [0, 0.1) is 20.8 Å². The fraction of sp³-hybridized carbons (Fsp3) is 0.294. The van der Waals surface area contributed by atoms with Gasteiger partial charge in [0.15, 0.2) is 0 Å². The molecule has 2 aromatic carbocycles. The summed E-state index contributed by atoms with van der Waals surface area (Å²) in [6, 6.07) is 5.74. The Balaban J connectivity index is 2.50. The van der Waals surface area contributed by atoms with Gasteiger partial charge in [0.05, 0.1) is 4.90 Å². The Morgan fingerprint density at radius 1 is 1.00 bits per heavy atom. The van der Waals surface area contributed by atoms with E-state index in [1.165, 1.54) is 12.1 Å². The third-order valence-electron chi connectivity index (χ3n) is 3.68. The molecule has 0 bridgehead atoms. The highest BCUT2D eigenvalue weighted by Crippen LogP contribution is 2.35. The summed E-state index contributed by atoms with van der Waals surface area (Å²) < 4.78 is 67.5. The van der Waals surface area contributed by atoms with Crippen LogP contribution in [-0.2, 0) is 10.0 Å². The van der Waals surface area contributed by atoms with Gasteiger partial charge in [-0.1, -0.05) is 41.4 Å². The van der Waals surface area contributed by atoms with Crippen LogP contribution in [0.3, 0.4) is 0 Å². The second kappa shape index (κ2) is 6.97. The van der Waals surface area contributed by atoms with E-state index < -0.39 is 22.2 Å². The zero-order valence-corrected chi connectivity index (χ0v) is 15.4. The molecule has 1 N–H and O–H groups in total. The van der Waals surface area contributed by atoms with Crippen molar-refractivity contribution in [2.45, 2.75) is 37.9 Å². The number of sulfonamides is 1. The maximum absolute atomic E-state index is 13.5. The molecule has 0 fully saturated rings. The van der Waals surface area contributed by atoms with Gasteiger partial charge in [0.25, 0.3) is 0 Å². The van der Waals surface area contributed by atoms with Crippen LogP contribution in [0.4, 0.5) is 13.2 Å². The van der Waals surface area contributed by atoms with Crippen LogP contribution in [-0.4, -0.2) is 14.6 Å². The summed E-state index contributed by atoms with van der Waals surface area (Å²) in [4.78, 5) is -0.138. The minimum atomic E-state index is -4.80. The first kappa shape index (κ1) is 19.8. The molecule has 8 heteroatoms. The molecule has 0 radical (unpaired) electrons. The zero-order valence-electron chi connectivity index (χ0n) is 13.8. The normalized spacial score (nSPS) is 13.7.